The smallest absolute Gasteiger partial charge is 0.161 e. The van der Waals surface area contributed by atoms with Crippen LogP contribution in [0.5, 0.6) is 11.5 Å². The van der Waals surface area contributed by atoms with Crippen molar-refractivity contribution < 1.29 is 19.7 Å². The Balaban J connectivity index is 2.50. The summed E-state index contributed by atoms with van der Waals surface area (Å²) in [4.78, 5) is 4.12. The molecule has 106 valence electrons. The number of methoxy groups -OCH3 is 2. The van der Waals surface area contributed by atoms with Crippen molar-refractivity contribution in [3.8, 4) is 22.6 Å². The quantitative estimate of drug-likeness (QED) is 0.869. The van der Waals surface area contributed by atoms with Crippen molar-refractivity contribution in [2.24, 2.45) is 0 Å². The summed E-state index contributed by atoms with van der Waals surface area (Å²) >= 11 is 0. The molecule has 0 aliphatic rings. The van der Waals surface area contributed by atoms with E-state index in [0.29, 0.717) is 22.9 Å². The predicted molar refractivity (Wildman–Crippen MR) is 74.6 cm³/mol. The number of rotatable bonds is 5. The Labute approximate surface area is 117 Å². The molecule has 5 nitrogen and oxygen atoms in total. The third-order valence-corrected chi connectivity index (χ3v) is 2.97. The van der Waals surface area contributed by atoms with Crippen LogP contribution >= 0.6 is 0 Å². The molecular weight excluding hydrogens is 258 g/mol. The molecule has 5 heteroatoms. The van der Waals surface area contributed by atoms with Gasteiger partial charge in [-0.05, 0) is 35.4 Å². The molecule has 0 spiro atoms. The summed E-state index contributed by atoms with van der Waals surface area (Å²) in [5.41, 5.74) is 2.78. The molecule has 0 unspecified atom stereocenters. The van der Waals surface area contributed by atoms with Gasteiger partial charge in [0, 0.05) is 0 Å². The molecule has 2 N–H and O–H groups in total. The first kappa shape index (κ1) is 14.3. The average molecular weight is 275 g/mol. The number of aromatic nitrogens is 1. The lowest BCUT2D eigenvalue weighted by Gasteiger charge is -2.11. The summed E-state index contributed by atoms with van der Waals surface area (Å²) in [5.74, 6) is 1.27. The van der Waals surface area contributed by atoms with Crippen molar-refractivity contribution in [3.05, 3.63) is 41.7 Å². The van der Waals surface area contributed by atoms with Crippen LogP contribution in [0.1, 0.15) is 11.4 Å². The number of aliphatic hydroxyl groups excluding tert-OH is 2. The van der Waals surface area contributed by atoms with Crippen molar-refractivity contribution in [1.29, 1.82) is 0 Å². The molecule has 0 radical (unpaired) electrons. The number of aliphatic hydroxyl groups is 2. The van der Waals surface area contributed by atoms with Crippen LogP contribution in [-0.2, 0) is 13.2 Å². The van der Waals surface area contributed by atoms with E-state index in [0.717, 1.165) is 11.1 Å². The standard InChI is InChI=1S/C15H17NO4/c1-19-14-4-3-10(7-15(14)20-2)11-5-12(8-17)16-13(6-11)9-18/h3-7,17-18H,8-9H2,1-2H3. The maximum atomic E-state index is 9.22. The fraction of sp³-hybridized carbons (Fsp3) is 0.267. The van der Waals surface area contributed by atoms with Gasteiger partial charge >= 0.3 is 0 Å². The summed E-state index contributed by atoms with van der Waals surface area (Å²) in [7, 11) is 3.16. The summed E-state index contributed by atoms with van der Waals surface area (Å²) in [6.45, 7) is -0.345. The van der Waals surface area contributed by atoms with Crippen LogP contribution in [0.2, 0.25) is 0 Å². The minimum atomic E-state index is -0.172. The van der Waals surface area contributed by atoms with Gasteiger partial charge in [-0.3, -0.25) is 4.98 Å². The Bertz CT molecular complexity index is 576. The molecule has 1 heterocycles. The van der Waals surface area contributed by atoms with E-state index in [2.05, 4.69) is 4.98 Å². The molecule has 0 saturated carbocycles. The van der Waals surface area contributed by atoms with Crippen LogP contribution in [0.3, 0.4) is 0 Å². The highest BCUT2D eigenvalue weighted by Crippen LogP contribution is 2.32. The lowest BCUT2D eigenvalue weighted by molar-refractivity contribution is 0.265. The van der Waals surface area contributed by atoms with E-state index in [-0.39, 0.29) is 13.2 Å². The summed E-state index contributed by atoms with van der Waals surface area (Å²) in [5, 5.41) is 18.4. The van der Waals surface area contributed by atoms with Crippen LogP contribution in [0.4, 0.5) is 0 Å². The first-order valence-corrected chi connectivity index (χ1v) is 6.15. The maximum Gasteiger partial charge on any atom is 0.161 e. The minimum Gasteiger partial charge on any atom is -0.493 e. The Kier molecular flexibility index (Phi) is 4.55. The number of nitrogens with zero attached hydrogens (tertiary/aromatic N) is 1. The third-order valence-electron chi connectivity index (χ3n) is 2.97. The lowest BCUT2D eigenvalue weighted by atomic mass is 10.0. The van der Waals surface area contributed by atoms with Gasteiger partial charge in [0.05, 0.1) is 38.8 Å². The van der Waals surface area contributed by atoms with Crippen molar-refractivity contribution >= 4 is 0 Å². The van der Waals surface area contributed by atoms with Crippen LogP contribution in [0, 0.1) is 0 Å². The van der Waals surface area contributed by atoms with Gasteiger partial charge in [0.15, 0.2) is 11.5 Å². The molecule has 0 saturated heterocycles. The lowest BCUT2D eigenvalue weighted by Crippen LogP contribution is -1.97. The van der Waals surface area contributed by atoms with Crippen LogP contribution < -0.4 is 9.47 Å². The zero-order chi connectivity index (χ0) is 14.5. The van der Waals surface area contributed by atoms with Gasteiger partial charge in [-0.2, -0.15) is 0 Å². The molecule has 2 rings (SSSR count). The van der Waals surface area contributed by atoms with Gasteiger partial charge in [-0.25, -0.2) is 0 Å². The molecule has 1 aromatic carbocycles. The Morgan fingerprint density at radius 1 is 0.850 bits per heavy atom. The summed E-state index contributed by atoms with van der Waals surface area (Å²) < 4.78 is 10.5. The van der Waals surface area contributed by atoms with Crippen molar-refractivity contribution in [1.82, 2.24) is 4.98 Å². The van der Waals surface area contributed by atoms with Gasteiger partial charge in [-0.1, -0.05) is 6.07 Å². The van der Waals surface area contributed by atoms with E-state index >= 15 is 0 Å². The molecule has 2 aromatic rings. The van der Waals surface area contributed by atoms with Gasteiger partial charge in [-0.15, -0.1) is 0 Å². The highest BCUT2D eigenvalue weighted by molar-refractivity contribution is 5.67. The first-order chi connectivity index (χ1) is 9.71. The van der Waals surface area contributed by atoms with Crippen LogP contribution in [0.25, 0.3) is 11.1 Å². The fourth-order valence-corrected chi connectivity index (χ4v) is 1.99. The molecule has 0 aliphatic heterocycles. The zero-order valence-electron chi connectivity index (χ0n) is 11.5. The second-order valence-corrected chi connectivity index (χ2v) is 4.22. The Morgan fingerprint density at radius 3 is 1.95 bits per heavy atom. The van der Waals surface area contributed by atoms with E-state index in [1.165, 1.54) is 0 Å². The number of hydrogen-bond donors (Lipinski definition) is 2. The number of benzene rings is 1. The Morgan fingerprint density at radius 2 is 1.45 bits per heavy atom. The molecule has 1 aromatic heterocycles. The zero-order valence-corrected chi connectivity index (χ0v) is 11.5. The first-order valence-electron chi connectivity index (χ1n) is 6.15. The van der Waals surface area contributed by atoms with Crippen LogP contribution in [-0.4, -0.2) is 29.4 Å². The molecule has 0 amide bonds. The highest BCUT2D eigenvalue weighted by atomic mass is 16.5. The van der Waals surface area contributed by atoms with E-state index in [9.17, 15) is 10.2 Å². The normalized spacial score (nSPS) is 10.4. The van der Waals surface area contributed by atoms with Crippen molar-refractivity contribution in [2.45, 2.75) is 13.2 Å². The predicted octanol–water partition coefficient (Wildman–Crippen LogP) is 1.75. The maximum absolute atomic E-state index is 9.22. The minimum absolute atomic E-state index is 0.172. The van der Waals surface area contributed by atoms with Gasteiger partial charge in [0.25, 0.3) is 0 Å². The highest BCUT2D eigenvalue weighted by Gasteiger charge is 2.08. The van der Waals surface area contributed by atoms with Gasteiger partial charge in [0.2, 0.25) is 0 Å². The Hall–Kier alpha value is -2.11. The second-order valence-electron chi connectivity index (χ2n) is 4.22. The molecule has 0 fully saturated rings. The van der Waals surface area contributed by atoms with E-state index in [1.54, 1.807) is 26.4 Å². The van der Waals surface area contributed by atoms with Gasteiger partial charge < -0.3 is 19.7 Å². The van der Waals surface area contributed by atoms with E-state index in [4.69, 9.17) is 9.47 Å². The van der Waals surface area contributed by atoms with Crippen molar-refractivity contribution in [2.75, 3.05) is 14.2 Å². The third kappa shape index (κ3) is 2.89. The number of hydrogen-bond acceptors (Lipinski definition) is 5. The molecule has 0 aliphatic carbocycles. The SMILES string of the molecule is COc1ccc(-c2cc(CO)nc(CO)c2)cc1OC. The molecular formula is C15H17NO4. The topological polar surface area (TPSA) is 71.8 Å². The van der Waals surface area contributed by atoms with Gasteiger partial charge in [0.1, 0.15) is 0 Å². The monoisotopic (exact) mass is 275 g/mol. The van der Waals surface area contributed by atoms with E-state index < -0.39 is 0 Å². The number of pyridine rings is 1. The molecule has 0 bridgehead atoms. The molecule has 20 heavy (non-hydrogen) atoms. The largest absolute Gasteiger partial charge is 0.493 e. The second kappa shape index (κ2) is 6.36. The van der Waals surface area contributed by atoms with Crippen LogP contribution in [0.15, 0.2) is 30.3 Å². The van der Waals surface area contributed by atoms with Crippen molar-refractivity contribution in [3.63, 3.8) is 0 Å². The van der Waals surface area contributed by atoms with E-state index in [1.807, 2.05) is 18.2 Å². The molecule has 0 atom stereocenters. The average Bonchev–Trinajstić information content (AvgIpc) is 2.53. The number of ether oxygens (including phenoxy) is 2. The fourth-order valence-electron chi connectivity index (χ4n) is 1.99. The summed E-state index contributed by atoms with van der Waals surface area (Å²) in [6, 6.07) is 9.10. The summed E-state index contributed by atoms with van der Waals surface area (Å²) in [6.07, 6.45) is 0.